The quantitative estimate of drug-likeness (QED) is 0.330. The van der Waals surface area contributed by atoms with E-state index in [1.807, 2.05) is 0 Å². The summed E-state index contributed by atoms with van der Waals surface area (Å²) in [6.07, 6.45) is -0.293. The van der Waals surface area contributed by atoms with Crippen LogP contribution in [0.2, 0.25) is 15.1 Å². The molecule has 1 fully saturated rings. The van der Waals surface area contributed by atoms with E-state index in [4.69, 9.17) is 34.8 Å². The van der Waals surface area contributed by atoms with Gasteiger partial charge in [0.15, 0.2) is 0 Å². The molecular weight excluding hydrogens is 614 g/mol. The number of hydrogen-bond donors (Lipinski definition) is 1. The number of alkyl halides is 3. The van der Waals surface area contributed by atoms with Crippen molar-refractivity contribution in [2.75, 3.05) is 17.1 Å². The lowest BCUT2D eigenvalue weighted by atomic mass is 10.1. The number of benzene rings is 2. The lowest BCUT2D eigenvalue weighted by molar-refractivity contribution is -0.140. The Kier molecular flexibility index (Phi) is 10.6. The van der Waals surface area contributed by atoms with Crippen LogP contribution in [0.5, 0.6) is 0 Å². The predicted molar refractivity (Wildman–Crippen MR) is 150 cm³/mol. The molecule has 1 aliphatic carbocycles. The minimum Gasteiger partial charge on any atom is -0.352 e. The maximum Gasteiger partial charge on any atom is 0.416 e. The third kappa shape index (κ3) is 8.18. The fourth-order valence-electron chi connectivity index (χ4n) is 4.60. The zero-order valence-electron chi connectivity index (χ0n) is 21.8. The molecule has 0 spiro atoms. The highest BCUT2D eigenvalue weighted by molar-refractivity contribution is 7.92. The molecule has 0 aliphatic heterocycles. The average molecular weight is 643 g/mol. The van der Waals surface area contributed by atoms with E-state index in [9.17, 15) is 31.2 Å². The summed E-state index contributed by atoms with van der Waals surface area (Å²) < 4.78 is 66.2. The van der Waals surface area contributed by atoms with Crippen molar-refractivity contribution in [3.8, 4) is 0 Å². The van der Waals surface area contributed by atoms with Crippen LogP contribution in [0.4, 0.5) is 18.9 Å². The third-order valence-electron chi connectivity index (χ3n) is 6.65. The van der Waals surface area contributed by atoms with Crippen LogP contribution in [0, 0.1) is 0 Å². The van der Waals surface area contributed by atoms with Crippen LogP contribution >= 0.6 is 34.8 Å². The molecule has 2 amide bonds. The van der Waals surface area contributed by atoms with Crippen molar-refractivity contribution < 1.29 is 31.2 Å². The highest BCUT2D eigenvalue weighted by Crippen LogP contribution is 2.36. The van der Waals surface area contributed by atoms with E-state index in [1.54, 1.807) is 13.0 Å². The molecule has 2 aromatic rings. The number of carbonyl (C=O) groups excluding carboxylic acids is 2. The molecule has 0 heterocycles. The van der Waals surface area contributed by atoms with E-state index in [-0.39, 0.29) is 34.1 Å². The van der Waals surface area contributed by atoms with Gasteiger partial charge in [0, 0.05) is 12.6 Å². The lowest BCUT2D eigenvalue weighted by Gasteiger charge is -2.33. The summed E-state index contributed by atoms with van der Waals surface area (Å²) >= 11 is 18.3. The van der Waals surface area contributed by atoms with Crippen molar-refractivity contribution in [1.82, 2.24) is 10.2 Å². The summed E-state index contributed by atoms with van der Waals surface area (Å²) in [7, 11) is -4.29. The number of nitrogens with one attached hydrogen (secondary N) is 1. The molecule has 0 bridgehead atoms. The molecule has 0 saturated heterocycles. The first kappa shape index (κ1) is 32.3. The average Bonchev–Trinajstić information content (AvgIpc) is 3.36. The molecular formula is C26H29Cl3F3N3O4S. The standard InChI is InChI=1S/C26H29Cl3F3N3O4S/c1-3-22(25(37)33-18-6-4-5-7-18)34(14-16-8-10-19(27)21(29)12-16)24(36)15-35(40(2,38)39)23-13-17(26(30,31)32)9-11-20(23)28/h8-13,18,22H,3-7,14-15H2,1-2H3,(H,33,37)/t22-/m0/s1. The van der Waals surface area contributed by atoms with Gasteiger partial charge in [-0.05, 0) is 55.2 Å². The fourth-order valence-corrected chi connectivity index (χ4v) is 6.04. The summed E-state index contributed by atoms with van der Waals surface area (Å²) in [6.45, 7) is 0.667. The lowest BCUT2D eigenvalue weighted by Crippen LogP contribution is -2.53. The molecule has 2 aromatic carbocycles. The van der Waals surface area contributed by atoms with Gasteiger partial charge in [-0.25, -0.2) is 8.42 Å². The maximum absolute atomic E-state index is 13.8. The van der Waals surface area contributed by atoms with Crippen molar-refractivity contribution in [2.24, 2.45) is 0 Å². The molecule has 7 nitrogen and oxygen atoms in total. The van der Waals surface area contributed by atoms with Gasteiger partial charge in [-0.2, -0.15) is 13.2 Å². The molecule has 1 N–H and O–H groups in total. The second-order valence-corrected chi connectivity index (χ2v) is 12.7. The van der Waals surface area contributed by atoms with E-state index >= 15 is 0 Å². The molecule has 0 radical (unpaired) electrons. The number of amides is 2. The molecule has 1 aliphatic rings. The Hall–Kier alpha value is -2.21. The number of hydrogen-bond acceptors (Lipinski definition) is 4. The van der Waals surface area contributed by atoms with Crippen molar-refractivity contribution in [2.45, 2.75) is 63.8 Å². The predicted octanol–water partition coefficient (Wildman–Crippen LogP) is 6.30. The van der Waals surface area contributed by atoms with Crippen molar-refractivity contribution in [3.63, 3.8) is 0 Å². The summed E-state index contributed by atoms with van der Waals surface area (Å²) in [5.74, 6) is -1.23. The smallest absolute Gasteiger partial charge is 0.352 e. The van der Waals surface area contributed by atoms with E-state index in [2.05, 4.69) is 5.32 Å². The number of anilines is 1. The van der Waals surface area contributed by atoms with Gasteiger partial charge in [0.2, 0.25) is 21.8 Å². The normalized spacial score (nSPS) is 15.1. The largest absolute Gasteiger partial charge is 0.416 e. The van der Waals surface area contributed by atoms with Crippen LogP contribution in [0.15, 0.2) is 36.4 Å². The van der Waals surface area contributed by atoms with E-state index in [0.717, 1.165) is 38.0 Å². The van der Waals surface area contributed by atoms with Crippen LogP contribution < -0.4 is 9.62 Å². The molecule has 40 heavy (non-hydrogen) atoms. The van der Waals surface area contributed by atoms with Gasteiger partial charge in [-0.3, -0.25) is 13.9 Å². The number of nitrogens with zero attached hydrogens (tertiary/aromatic N) is 2. The monoisotopic (exact) mass is 641 g/mol. The van der Waals surface area contributed by atoms with E-state index in [1.165, 1.54) is 17.0 Å². The summed E-state index contributed by atoms with van der Waals surface area (Å²) in [6, 6.07) is 5.81. The molecule has 220 valence electrons. The zero-order chi connectivity index (χ0) is 29.8. The first-order chi connectivity index (χ1) is 18.6. The van der Waals surface area contributed by atoms with Crippen molar-refractivity contribution in [3.05, 3.63) is 62.6 Å². The number of rotatable bonds is 10. The Bertz CT molecular complexity index is 1350. The fraction of sp³-hybridized carbons (Fsp3) is 0.462. The van der Waals surface area contributed by atoms with E-state index in [0.29, 0.717) is 22.0 Å². The van der Waals surface area contributed by atoms with Crippen molar-refractivity contribution in [1.29, 1.82) is 0 Å². The van der Waals surface area contributed by atoms with Gasteiger partial charge < -0.3 is 10.2 Å². The molecule has 1 saturated carbocycles. The Balaban J connectivity index is 2.01. The van der Waals surface area contributed by atoms with Crippen LogP contribution in [0.3, 0.4) is 0 Å². The molecule has 14 heteroatoms. The highest BCUT2D eigenvalue weighted by atomic mass is 35.5. The number of sulfonamides is 1. The van der Waals surface area contributed by atoms with Crippen LogP contribution in [0.1, 0.15) is 50.2 Å². The van der Waals surface area contributed by atoms with Gasteiger partial charge in [0.1, 0.15) is 12.6 Å². The molecule has 1 atom stereocenters. The molecule has 0 aromatic heterocycles. The Morgan fingerprint density at radius 2 is 1.65 bits per heavy atom. The number of carbonyl (C=O) groups is 2. The second-order valence-electron chi connectivity index (χ2n) is 9.62. The minimum absolute atomic E-state index is 0.0417. The van der Waals surface area contributed by atoms with E-state index < -0.39 is 51.9 Å². The van der Waals surface area contributed by atoms with Crippen molar-refractivity contribution >= 4 is 62.3 Å². The van der Waals surface area contributed by atoms with Gasteiger partial charge in [-0.1, -0.05) is 60.6 Å². The highest BCUT2D eigenvalue weighted by Gasteiger charge is 2.36. The van der Waals surface area contributed by atoms with Crippen LogP contribution in [-0.4, -0.2) is 50.0 Å². The first-order valence-corrected chi connectivity index (χ1v) is 15.5. The SMILES string of the molecule is CC[C@@H](C(=O)NC1CCCC1)N(Cc1ccc(Cl)c(Cl)c1)C(=O)CN(c1cc(C(F)(F)F)ccc1Cl)S(C)(=O)=O. The Morgan fingerprint density at radius 3 is 2.20 bits per heavy atom. The minimum atomic E-state index is -4.78. The first-order valence-electron chi connectivity index (χ1n) is 12.5. The molecule has 3 rings (SSSR count). The van der Waals surface area contributed by atoms with Crippen LogP contribution in [0.25, 0.3) is 0 Å². The zero-order valence-corrected chi connectivity index (χ0v) is 24.9. The van der Waals surface area contributed by atoms with Gasteiger partial charge >= 0.3 is 6.18 Å². The number of halogens is 6. The Morgan fingerprint density at radius 1 is 1.02 bits per heavy atom. The van der Waals surface area contributed by atoms with Gasteiger partial charge in [0.25, 0.3) is 0 Å². The summed E-state index contributed by atoms with van der Waals surface area (Å²) in [5, 5.41) is 3.15. The maximum atomic E-state index is 13.8. The molecule has 0 unspecified atom stereocenters. The third-order valence-corrected chi connectivity index (χ3v) is 8.83. The second kappa shape index (κ2) is 13.2. The van der Waals surface area contributed by atoms with Gasteiger partial charge in [0.05, 0.1) is 32.6 Å². The van der Waals surface area contributed by atoms with Crippen LogP contribution in [-0.2, 0) is 32.3 Å². The van der Waals surface area contributed by atoms with Gasteiger partial charge in [-0.15, -0.1) is 0 Å². The topological polar surface area (TPSA) is 86.8 Å². The summed E-state index contributed by atoms with van der Waals surface area (Å²) in [4.78, 5) is 28.3. The summed E-state index contributed by atoms with van der Waals surface area (Å²) in [5.41, 5.74) is -1.13. The Labute approximate surface area is 246 Å².